The number of hydrogen-bond donors (Lipinski definition) is 0. The molecule has 0 unspecified atom stereocenters. The number of carboxylic acid groups (broad SMARTS) is 4. The Morgan fingerprint density at radius 1 is 0.478 bits per heavy atom. The largest absolute Gasteiger partial charge is 2.00 e. The normalized spacial score (nSPS) is 7.22. The molecule has 0 atom stereocenters. The zero-order valence-electron chi connectivity index (χ0n) is 11.1. The molecule has 0 aromatic heterocycles. The van der Waals surface area contributed by atoms with E-state index in [9.17, 15) is 0 Å². The van der Waals surface area contributed by atoms with E-state index >= 15 is 0 Å². The first-order chi connectivity index (χ1) is 7.46. The standard InChI is InChI=1S/2CH2O3.5Mg.2H3O4P/c2*2-1(3)4;;;;;;2*1-5(2,3)4/h2*(H2,2,3,4);;;;;;2*(H3,1,2,3,4)/q;;5*+2;;/p-10. The maximum Gasteiger partial charge on any atom is 2.00 e. The molecule has 0 fully saturated rings. The summed E-state index contributed by atoms with van der Waals surface area (Å²) in [5.74, 6) is 0. The molecule has 0 aliphatic rings. The van der Waals surface area contributed by atoms with Crippen molar-refractivity contribution in [1.29, 1.82) is 0 Å². The fourth-order valence-electron chi connectivity index (χ4n) is 0. The van der Waals surface area contributed by atoms with Gasteiger partial charge in [-0.2, -0.15) is 15.6 Å². The van der Waals surface area contributed by atoms with Crippen LogP contribution in [0.25, 0.3) is 0 Å². The number of carbonyl (C=O) groups is 2. The Morgan fingerprint density at radius 2 is 0.478 bits per heavy atom. The van der Waals surface area contributed by atoms with Gasteiger partial charge in [-0.15, -0.1) is 0 Å². The first-order valence-electron chi connectivity index (χ1n) is 2.69. The molecule has 0 N–H and O–H groups in total. The molecule has 0 saturated carbocycles. The van der Waals surface area contributed by atoms with Gasteiger partial charge in [0.25, 0.3) is 0 Å². The van der Waals surface area contributed by atoms with Crippen molar-refractivity contribution < 1.29 is 68.5 Å². The average Bonchev–Trinajstić information content (AvgIpc) is 1.70. The molecule has 0 bridgehead atoms. The fraction of sp³-hybridized carbons (Fsp3) is 0. The molecule has 0 aromatic carbocycles. The Balaban J connectivity index is -0.0000000152. The SMILES string of the molecule is O=C([O-])[O-].O=C([O-])[O-].O=P([O-])([O-])[O-].O=P([O-])([O-])[O-].[Mg+2].[Mg+2].[Mg+2].[Mg+2].[Mg+2]. The summed E-state index contributed by atoms with van der Waals surface area (Å²) in [5.41, 5.74) is 0. The summed E-state index contributed by atoms with van der Waals surface area (Å²) < 4.78 is 17.1. The van der Waals surface area contributed by atoms with Crippen LogP contribution < -0.4 is 49.8 Å². The molecule has 0 rings (SSSR count). The Hall–Kier alpha value is 2.59. The van der Waals surface area contributed by atoms with Crippen LogP contribution in [0, 0.1) is 0 Å². The molecule has 0 amide bonds. The fourth-order valence-corrected chi connectivity index (χ4v) is 0. The van der Waals surface area contributed by atoms with Gasteiger partial charge in [-0.1, -0.05) is 0 Å². The molecule has 0 aromatic rings. The number of hydrogen-bond acceptors (Lipinski definition) is 14. The Morgan fingerprint density at radius 3 is 0.478 bits per heavy atom. The van der Waals surface area contributed by atoms with Crippen molar-refractivity contribution in [1.82, 2.24) is 0 Å². The third kappa shape index (κ3) is 1870. The van der Waals surface area contributed by atoms with E-state index in [2.05, 4.69) is 0 Å². The minimum atomic E-state index is -5.39. The minimum absolute atomic E-state index is 0. The molecule has 0 saturated heterocycles. The molecular weight excluding hydrogens is 431 g/mol. The maximum absolute atomic E-state index is 8.55. The third-order valence-corrected chi connectivity index (χ3v) is 0. The van der Waals surface area contributed by atoms with E-state index in [0.29, 0.717) is 0 Å². The molecule has 0 radical (unpaired) electrons. The molecule has 23 heavy (non-hydrogen) atoms. The topological polar surface area (TPSA) is 299 Å². The van der Waals surface area contributed by atoms with Gasteiger partial charge in [-0.25, -0.2) is 0 Å². The molecule has 14 nitrogen and oxygen atoms in total. The summed E-state index contributed by atoms with van der Waals surface area (Å²) in [4.78, 5) is 68.0. The van der Waals surface area contributed by atoms with Gasteiger partial charge in [0.1, 0.15) is 0 Å². The van der Waals surface area contributed by atoms with Crippen LogP contribution in [0.15, 0.2) is 0 Å². The smallest absolute Gasteiger partial charge is 0.822 e. The summed E-state index contributed by atoms with van der Waals surface area (Å²) in [6.45, 7) is 0. The monoisotopic (exact) mass is 430 g/mol. The van der Waals surface area contributed by atoms with Gasteiger partial charge in [0.05, 0.1) is 0 Å². The van der Waals surface area contributed by atoms with Crippen molar-refractivity contribution in [3.63, 3.8) is 0 Å². The maximum atomic E-state index is 8.55. The van der Waals surface area contributed by atoms with Crippen molar-refractivity contribution in [2.75, 3.05) is 0 Å². The van der Waals surface area contributed by atoms with Gasteiger partial charge in [-0.05, 0) is 12.3 Å². The predicted octanol–water partition coefficient (Wildman–Crippen LogP) is -12.4. The van der Waals surface area contributed by atoms with Crippen molar-refractivity contribution in [2.24, 2.45) is 0 Å². The second-order valence-corrected chi connectivity index (χ2v) is 3.18. The van der Waals surface area contributed by atoms with Crippen molar-refractivity contribution in [3.05, 3.63) is 0 Å². The van der Waals surface area contributed by atoms with Crippen LogP contribution >= 0.6 is 15.6 Å². The molecule has 0 aliphatic carbocycles. The summed E-state index contributed by atoms with van der Waals surface area (Å²) in [5, 5.41) is 33.3. The van der Waals surface area contributed by atoms with E-state index in [1.54, 1.807) is 0 Å². The van der Waals surface area contributed by atoms with Crippen molar-refractivity contribution >= 4 is 143 Å². The van der Waals surface area contributed by atoms with Crippen LogP contribution in [0.1, 0.15) is 0 Å². The van der Waals surface area contributed by atoms with Gasteiger partial charge in [0, 0.05) is 0 Å². The van der Waals surface area contributed by atoms with Crippen LogP contribution in [-0.2, 0) is 9.13 Å². The zero-order valence-corrected chi connectivity index (χ0v) is 20.0. The summed E-state index contributed by atoms with van der Waals surface area (Å²) in [6.07, 6.45) is -4.67. The second-order valence-electron chi connectivity index (χ2n) is 1.39. The van der Waals surface area contributed by atoms with Gasteiger partial charge in [0.2, 0.25) is 0 Å². The molecule has 0 spiro atoms. The molecular formula is C2Mg5O14P2. The third-order valence-electron chi connectivity index (χ3n) is 0. The molecule has 0 heterocycles. The van der Waals surface area contributed by atoms with E-state index in [1.165, 1.54) is 0 Å². The van der Waals surface area contributed by atoms with E-state index in [0.717, 1.165) is 0 Å². The summed E-state index contributed by atoms with van der Waals surface area (Å²) in [6, 6.07) is 0. The van der Waals surface area contributed by atoms with Crippen molar-refractivity contribution in [2.45, 2.75) is 0 Å². The molecule has 21 heteroatoms. The summed E-state index contributed by atoms with van der Waals surface area (Å²) >= 11 is 0. The number of carbonyl (C=O) groups excluding carboxylic acids is 2. The van der Waals surface area contributed by atoms with Crippen LogP contribution in [0.5, 0.6) is 0 Å². The van der Waals surface area contributed by atoms with E-state index < -0.39 is 28.0 Å². The van der Waals surface area contributed by atoms with Gasteiger partial charge in [-0.3, -0.25) is 0 Å². The average molecular weight is 431 g/mol. The molecule has 112 valence electrons. The zero-order chi connectivity index (χ0) is 16.2. The quantitative estimate of drug-likeness (QED) is 0.254. The number of phosphoric acid groups is 2. The van der Waals surface area contributed by atoms with E-state index in [-0.39, 0.29) is 115 Å². The summed E-state index contributed by atoms with van der Waals surface area (Å²) in [7, 11) is -10.8. The van der Waals surface area contributed by atoms with E-state index in [1.807, 2.05) is 0 Å². The first kappa shape index (κ1) is 56.2. The Kier molecular flexibility index (Phi) is 78.9. The minimum Gasteiger partial charge on any atom is -0.822 e. The number of rotatable bonds is 0. The molecule has 0 aliphatic heterocycles. The van der Waals surface area contributed by atoms with Crippen LogP contribution in [-0.4, -0.2) is 128 Å². The van der Waals surface area contributed by atoms with Crippen molar-refractivity contribution in [3.8, 4) is 0 Å². The van der Waals surface area contributed by atoms with Crippen LogP contribution in [0.2, 0.25) is 0 Å². The van der Waals surface area contributed by atoms with Crippen LogP contribution in [0.3, 0.4) is 0 Å². The van der Waals surface area contributed by atoms with Gasteiger partial charge < -0.3 is 68.5 Å². The van der Waals surface area contributed by atoms with Crippen LogP contribution in [0.4, 0.5) is 9.59 Å². The second kappa shape index (κ2) is 32.3. The Bertz CT molecular complexity index is 267. The van der Waals surface area contributed by atoms with E-state index in [4.69, 9.17) is 68.5 Å². The van der Waals surface area contributed by atoms with Gasteiger partial charge in [0.15, 0.2) is 0 Å². The van der Waals surface area contributed by atoms with Gasteiger partial charge >= 0.3 is 115 Å². The Labute approximate surface area is 209 Å². The predicted molar refractivity (Wildman–Crippen MR) is 54.8 cm³/mol. The first-order valence-corrected chi connectivity index (χ1v) is 5.61.